The van der Waals surface area contributed by atoms with Crippen molar-refractivity contribution in [2.75, 3.05) is 13.3 Å². The van der Waals surface area contributed by atoms with Crippen LogP contribution in [0, 0.1) is 6.92 Å². The van der Waals surface area contributed by atoms with Crippen LogP contribution in [-0.4, -0.2) is 37.5 Å². The quantitative estimate of drug-likeness (QED) is 0.643. The Morgan fingerprint density at radius 2 is 1.89 bits per heavy atom. The molecular formula is C19H20N2O4S2. The van der Waals surface area contributed by atoms with Gasteiger partial charge in [-0.25, -0.2) is 13.4 Å². The lowest BCUT2D eigenvalue weighted by Crippen LogP contribution is -2.30. The summed E-state index contributed by atoms with van der Waals surface area (Å²) in [5.41, 5.74) is 1.11. The predicted octanol–water partition coefficient (Wildman–Crippen LogP) is 3.95. The van der Waals surface area contributed by atoms with Gasteiger partial charge in [0.1, 0.15) is 5.76 Å². The molecule has 2 heterocycles. The summed E-state index contributed by atoms with van der Waals surface area (Å²) in [4.78, 5) is 20.0. The zero-order valence-corrected chi connectivity index (χ0v) is 17.1. The summed E-state index contributed by atoms with van der Waals surface area (Å²) >= 11 is 1.49. The molecule has 3 aromatic rings. The van der Waals surface area contributed by atoms with Gasteiger partial charge in [-0.3, -0.25) is 4.79 Å². The molecule has 142 valence electrons. The molecule has 8 heteroatoms. The van der Waals surface area contributed by atoms with Crippen LogP contribution in [-0.2, 0) is 9.84 Å². The molecule has 3 rings (SSSR count). The number of aromatic nitrogens is 1. The normalized spacial score (nSPS) is 12.7. The third kappa shape index (κ3) is 3.96. The van der Waals surface area contributed by atoms with Gasteiger partial charge in [-0.2, -0.15) is 0 Å². The van der Waals surface area contributed by atoms with Gasteiger partial charge in [0.05, 0.1) is 15.8 Å². The zero-order chi connectivity index (χ0) is 19.8. The number of oxazole rings is 1. The SMILES string of the molecule is Cc1oc(-c2cccs2)nc1C(=O)N(C)C(C)c1ccc(S(C)(=O)=O)cc1. The minimum atomic E-state index is -3.25. The van der Waals surface area contributed by atoms with Crippen LogP contribution >= 0.6 is 11.3 Å². The zero-order valence-electron chi connectivity index (χ0n) is 15.5. The number of sulfone groups is 1. The van der Waals surface area contributed by atoms with Crippen LogP contribution in [0.15, 0.2) is 51.1 Å². The Kier molecular flexibility index (Phi) is 5.21. The van der Waals surface area contributed by atoms with Crippen LogP contribution in [0.25, 0.3) is 10.8 Å². The molecule has 0 aliphatic rings. The van der Waals surface area contributed by atoms with E-state index in [-0.39, 0.29) is 22.5 Å². The summed E-state index contributed by atoms with van der Waals surface area (Å²) in [6, 6.07) is 10.1. The largest absolute Gasteiger partial charge is 0.440 e. The molecule has 0 fully saturated rings. The molecule has 0 N–H and O–H groups in total. The van der Waals surface area contributed by atoms with Crippen LogP contribution in [0.3, 0.4) is 0 Å². The lowest BCUT2D eigenvalue weighted by Gasteiger charge is -2.24. The van der Waals surface area contributed by atoms with E-state index < -0.39 is 9.84 Å². The van der Waals surface area contributed by atoms with Gasteiger partial charge in [-0.05, 0) is 43.0 Å². The molecule has 0 saturated heterocycles. The molecule has 0 radical (unpaired) electrons. The maximum Gasteiger partial charge on any atom is 0.276 e. The van der Waals surface area contributed by atoms with Crippen molar-refractivity contribution >= 4 is 27.1 Å². The Morgan fingerprint density at radius 3 is 2.44 bits per heavy atom. The lowest BCUT2D eigenvalue weighted by atomic mass is 10.1. The first-order valence-electron chi connectivity index (χ1n) is 8.27. The second kappa shape index (κ2) is 7.28. The van der Waals surface area contributed by atoms with Crippen molar-refractivity contribution in [3.63, 3.8) is 0 Å². The Bertz CT molecular complexity index is 1050. The van der Waals surface area contributed by atoms with Gasteiger partial charge in [0.15, 0.2) is 15.5 Å². The first kappa shape index (κ1) is 19.3. The smallest absolute Gasteiger partial charge is 0.276 e. The molecule has 1 unspecified atom stereocenters. The predicted molar refractivity (Wildman–Crippen MR) is 105 cm³/mol. The van der Waals surface area contributed by atoms with E-state index in [2.05, 4.69) is 4.98 Å². The van der Waals surface area contributed by atoms with Gasteiger partial charge in [0.2, 0.25) is 5.89 Å². The number of benzene rings is 1. The van der Waals surface area contributed by atoms with Crippen molar-refractivity contribution in [1.29, 1.82) is 0 Å². The highest BCUT2D eigenvalue weighted by atomic mass is 32.2. The molecular weight excluding hydrogens is 384 g/mol. The minimum absolute atomic E-state index is 0.250. The lowest BCUT2D eigenvalue weighted by molar-refractivity contribution is 0.0735. The van der Waals surface area contributed by atoms with Gasteiger partial charge in [-0.1, -0.05) is 18.2 Å². The van der Waals surface area contributed by atoms with E-state index in [1.54, 1.807) is 43.1 Å². The summed E-state index contributed by atoms with van der Waals surface area (Å²) in [6.07, 6.45) is 1.17. The van der Waals surface area contributed by atoms with E-state index >= 15 is 0 Å². The monoisotopic (exact) mass is 404 g/mol. The maximum atomic E-state index is 12.9. The van der Waals surface area contributed by atoms with Crippen LogP contribution in [0.2, 0.25) is 0 Å². The van der Waals surface area contributed by atoms with E-state index in [0.717, 1.165) is 10.4 Å². The first-order valence-corrected chi connectivity index (χ1v) is 11.0. The number of carbonyl (C=O) groups is 1. The molecule has 0 bridgehead atoms. The molecule has 6 nitrogen and oxygen atoms in total. The van der Waals surface area contributed by atoms with Crippen molar-refractivity contribution in [3.05, 3.63) is 58.8 Å². The number of rotatable bonds is 5. The Labute approximate surface area is 162 Å². The standard InChI is InChI=1S/C19H20N2O4S2/c1-12(14-7-9-15(10-8-14)27(4,23)24)21(3)19(22)17-13(2)25-18(20-17)16-6-5-11-26-16/h5-12H,1-4H3. The third-order valence-electron chi connectivity index (χ3n) is 4.42. The van der Waals surface area contributed by atoms with Crippen molar-refractivity contribution in [3.8, 4) is 10.8 Å². The molecule has 0 aliphatic heterocycles. The summed E-state index contributed by atoms with van der Waals surface area (Å²) in [6.45, 7) is 3.60. The Morgan fingerprint density at radius 1 is 1.22 bits per heavy atom. The van der Waals surface area contributed by atoms with Gasteiger partial charge in [0.25, 0.3) is 5.91 Å². The number of nitrogens with zero attached hydrogens (tertiary/aromatic N) is 2. The molecule has 0 aliphatic carbocycles. The van der Waals surface area contributed by atoms with E-state index in [9.17, 15) is 13.2 Å². The fourth-order valence-corrected chi connectivity index (χ4v) is 3.94. The second-order valence-electron chi connectivity index (χ2n) is 6.33. The number of aryl methyl sites for hydroxylation is 1. The molecule has 1 amide bonds. The molecule has 1 atom stereocenters. The highest BCUT2D eigenvalue weighted by Crippen LogP contribution is 2.28. The molecule has 27 heavy (non-hydrogen) atoms. The molecule has 1 aromatic carbocycles. The third-order valence-corrected chi connectivity index (χ3v) is 6.41. The molecule has 2 aromatic heterocycles. The summed E-state index contributed by atoms with van der Waals surface area (Å²) < 4.78 is 28.8. The van der Waals surface area contributed by atoms with Crippen LogP contribution in [0.5, 0.6) is 0 Å². The number of hydrogen-bond acceptors (Lipinski definition) is 6. The van der Waals surface area contributed by atoms with E-state index in [1.165, 1.54) is 17.6 Å². The van der Waals surface area contributed by atoms with Gasteiger partial charge in [-0.15, -0.1) is 11.3 Å². The fraction of sp³-hybridized carbons (Fsp3) is 0.263. The van der Waals surface area contributed by atoms with Crippen LogP contribution < -0.4 is 0 Å². The second-order valence-corrected chi connectivity index (χ2v) is 9.30. The van der Waals surface area contributed by atoms with Gasteiger partial charge >= 0.3 is 0 Å². The van der Waals surface area contributed by atoms with E-state index in [0.29, 0.717) is 11.7 Å². The van der Waals surface area contributed by atoms with Crippen LogP contribution in [0.1, 0.15) is 34.8 Å². The Balaban J connectivity index is 1.83. The fourth-order valence-electron chi connectivity index (χ4n) is 2.66. The van der Waals surface area contributed by atoms with Crippen molar-refractivity contribution < 1.29 is 17.6 Å². The number of carbonyl (C=O) groups excluding carboxylic acids is 1. The van der Waals surface area contributed by atoms with Crippen molar-refractivity contribution in [2.45, 2.75) is 24.8 Å². The summed E-state index contributed by atoms with van der Waals surface area (Å²) in [5, 5.41) is 1.92. The van der Waals surface area contributed by atoms with Crippen molar-refractivity contribution in [2.24, 2.45) is 0 Å². The molecule has 0 saturated carbocycles. The highest BCUT2D eigenvalue weighted by molar-refractivity contribution is 7.90. The van der Waals surface area contributed by atoms with Crippen molar-refractivity contribution in [1.82, 2.24) is 9.88 Å². The van der Waals surface area contributed by atoms with Gasteiger partial charge in [0, 0.05) is 13.3 Å². The average molecular weight is 405 g/mol. The first-order chi connectivity index (χ1) is 12.7. The molecule has 0 spiro atoms. The van der Waals surface area contributed by atoms with E-state index in [1.807, 2.05) is 24.4 Å². The Hall–Kier alpha value is -2.45. The average Bonchev–Trinajstić information content (AvgIpc) is 3.28. The van der Waals surface area contributed by atoms with E-state index in [4.69, 9.17) is 4.42 Å². The number of hydrogen-bond donors (Lipinski definition) is 0. The topological polar surface area (TPSA) is 80.5 Å². The summed E-state index contributed by atoms with van der Waals surface area (Å²) in [5.74, 6) is 0.651. The minimum Gasteiger partial charge on any atom is -0.440 e. The van der Waals surface area contributed by atoms with Gasteiger partial charge < -0.3 is 9.32 Å². The highest BCUT2D eigenvalue weighted by Gasteiger charge is 2.25. The van der Waals surface area contributed by atoms with Crippen LogP contribution in [0.4, 0.5) is 0 Å². The number of thiophene rings is 1. The number of amides is 1. The summed E-state index contributed by atoms with van der Waals surface area (Å²) in [7, 11) is -1.56. The maximum absolute atomic E-state index is 12.9.